The standard InChI is InChI=1S/C13H23N3O3/c1-10(2)16(9-5-7-14)13(19)15-8-4-6-11(3)12(17)18/h10-11H,4-6,8-9H2,1-3H3,(H,15,19)(H,17,18). The van der Waals surface area contributed by atoms with Gasteiger partial charge in [-0.25, -0.2) is 4.79 Å². The summed E-state index contributed by atoms with van der Waals surface area (Å²) in [5, 5.41) is 20.0. The third kappa shape index (κ3) is 7.29. The number of carbonyl (C=O) groups is 2. The van der Waals surface area contributed by atoms with Crippen LogP contribution in [0.15, 0.2) is 0 Å². The first-order valence-corrected chi connectivity index (χ1v) is 6.54. The normalized spacial score (nSPS) is 11.7. The van der Waals surface area contributed by atoms with E-state index in [9.17, 15) is 9.59 Å². The summed E-state index contributed by atoms with van der Waals surface area (Å²) in [7, 11) is 0. The fraction of sp³-hybridized carbons (Fsp3) is 0.769. The van der Waals surface area contributed by atoms with Crippen LogP contribution in [0.2, 0.25) is 0 Å². The van der Waals surface area contributed by atoms with Gasteiger partial charge in [-0.15, -0.1) is 0 Å². The highest BCUT2D eigenvalue weighted by Gasteiger charge is 2.16. The Kier molecular flexibility index (Phi) is 8.34. The van der Waals surface area contributed by atoms with Crippen LogP contribution < -0.4 is 5.32 Å². The highest BCUT2D eigenvalue weighted by atomic mass is 16.4. The minimum Gasteiger partial charge on any atom is -0.481 e. The van der Waals surface area contributed by atoms with Gasteiger partial charge < -0.3 is 15.3 Å². The van der Waals surface area contributed by atoms with Crippen LogP contribution in [0.3, 0.4) is 0 Å². The number of nitriles is 1. The van der Waals surface area contributed by atoms with Gasteiger partial charge in [0.25, 0.3) is 0 Å². The van der Waals surface area contributed by atoms with Crippen molar-refractivity contribution in [2.45, 2.75) is 46.1 Å². The van der Waals surface area contributed by atoms with E-state index in [1.165, 1.54) is 0 Å². The number of amides is 2. The molecular formula is C13H23N3O3. The molecule has 108 valence electrons. The average molecular weight is 269 g/mol. The van der Waals surface area contributed by atoms with Crippen molar-refractivity contribution in [3.63, 3.8) is 0 Å². The van der Waals surface area contributed by atoms with E-state index in [0.29, 0.717) is 32.4 Å². The Balaban J connectivity index is 4.00. The molecule has 0 fully saturated rings. The lowest BCUT2D eigenvalue weighted by molar-refractivity contribution is -0.141. The molecule has 6 nitrogen and oxygen atoms in total. The van der Waals surface area contributed by atoms with Crippen molar-refractivity contribution in [3.8, 4) is 6.07 Å². The van der Waals surface area contributed by atoms with Gasteiger partial charge in [-0.2, -0.15) is 5.26 Å². The highest BCUT2D eigenvalue weighted by Crippen LogP contribution is 2.05. The Hall–Kier alpha value is -1.77. The minimum absolute atomic E-state index is 0.0336. The molecule has 2 amide bonds. The topological polar surface area (TPSA) is 93.4 Å². The van der Waals surface area contributed by atoms with Gasteiger partial charge in [0.05, 0.1) is 18.4 Å². The number of nitrogens with zero attached hydrogens (tertiary/aromatic N) is 2. The number of urea groups is 1. The van der Waals surface area contributed by atoms with Crippen LogP contribution in [0, 0.1) is 17.2 Å². The second-order valence-corrected chi connectivity index (χ2v) is 4.81. The van der Waals surface area contributed by atoms with Gasteiger partial charge in [-0.05, 0) is 26.7 Å². The van der Waals surface area contributed by atoms with Crippen LogP contribution in [0.5, 0.6) is 0 Å². The molecule has 6 heteroatoms. The lowest BCUT2D eigenvalue weighted by atomic mass is 10.1. The molecule has 2 N–H and O–H groups in total. The third-order valence-corrected chi connectivity index (χ3v) is 2.86. The van der Waals surface area contributed by atoms with Crippen LogP contribution in [0.25, 0.3) is 0 Å². The van der Waals surface area contributed by atoms with Crippen molar-refractivity contribution < 1.29 is 14.7 Å². The van der Waals surface area contributed by atoms with E-state index in [4.69, 9.17) is 10.4 Å². The van der Waals surface area contributed by atoms with E-state index >= 15 is 0 Å². The first-order chi connectivity index (χ1) is 8.90. The van der Waals surface area contributed by atoms with Crippen molar-refractivity contribution in [2.75, 3.05) is 13.1 Å². The summed E-state index contributed by atoms with van der Waals surface area (Å²) < 4.78 is 0. The van der Waals surface area contributed by atoms with Gasteiger partial charge in [0.2, 0.25) is 0 Å². The molecule has 0 saturated carbocycles. The molecule has 0 aliphatic heterocycles. The number of carboxylic acids is 1. The summed E-state index contributed by atoms with van der Waals surface area (Å²) in [5.41, 5.74) is 0. The molecule has 0 heterocycles. The lowest BCUT2D eigenvalue weighted by Crippen LogP contribution is -2.44. The summed E-state index contributed by atoms with van der Waals surface area (Å²) in [6, 6.07) is 1.85. The maximum atomic E-state index is 11.9. The number of carboxylic acid groups (broad SMARTS) is 1. The highest BCUT2D eigenvalue weighted by molar-refractivity contribution is 5.74. The molecule has 19 heavy (non-hydrogen) atoms. The van der Waals surface area contributed by atoms with Crippen molar-refractivity contribution in [1.29, 1.82) is 5.26 Å². The molecular weight excluding hydrogens is 246 g/mol. The van der Waals surface area contributed by atoms with E-state index in [2.05, 4.69) is 5.32 Å². The smallest absolute Gasteiger partial charge is 0.317 e. The molecule has 0 saturated heterocycles. The zero-order chi connectivity index (χ0) is 14.8. The third-order valence-electron chi connectivity index (χ3n) is 2.86. The molecule has 0 spiro atoms. The molecule has 0 rings (SSSR count). The maximum absolute atomic E-state index is 11.9. The van der Waals surface area contributed by atoms with Crippen molar-refractivity contribution in [2.24, 2.45) is 5.92 Å². The molecule has 0 aromatic rings. The van der Waals surface area contributed by atoms with Gasteiger partial charge in [-0.3, -0.25) is 4.79 Å². The Morgan fingerprint density at radius 3 is 2.47 bits per heavy atom. The first-order valence-electron chi connectivity index (χ1n) is 6.54. The van der Waals surface area contributed by atoms with Gasteiger partial charge in [0.15, 0.2) is 0 Å². The fourth-order valence-corrected chi connectivity index (χ4v) is 1.59. The summed E-state index contributed by atoms with van der Waals surface area (Å²) in [4.78, 5) is 24.1. The number of hydrogen-bond donors (Lipinski definition) is 2. The molecule has 0 aromatic heterocycles. The molecule has 0 aliphatic carbocycles. The summed E-state index contributed by atoms with van der Waals surface area (Å²) >= 11 is 0. The van der Waals surface area contributed by atoms with E-state index in [-0.39, 0.29) is 12.1 Å². The molecule has 0 aliphatic rings. The van der Waals surface area contributed by atoms with Gasteiger partial charge in [0, 0.05) is 19.1 Å². The monoisotopic (exact) mass is 269 g/mol. The van der Waals surface area contributed by atoms with Crippen molar-refractivity contribution in [3.05, 3.63) is 0 Å². The molecule has 0 radical (unpaired) electrons. The predicted molar refractivity (Wildman–Crippen MR) is 71.5 cm³/mol. The number of rotatable bonds is 8. The van der Waals surface area contributed by atoms with Crippen LogP contribution in [0.1, 0.15) is 40.0 Å². The Morgan fingerprint density at radius 2 is 2.00 bits per heavy atom. The molecule has 1 atom stereocenters. The van der Waals surface area contributed by atoms with Crippen LogP contribution in [-0.2, 0) is 4.79 Å². The SMILES string of the molecule is CC(CCCNC(=O)N(CCC#N)C(C)C)C(=O)O. The Labute approximate surface area is 114 Å². The van der Waals surface area contributed by atoms with Crippen LogP contribution in [0.4, 0.5) is 4.79 Å². The number of aliphatic carboxylic acids is 1. The largest absolute Gasteiger partial charge is 0.481 e. The van der Waals surface area contributed by atoms with Gasteiger partial charge in [-0.1, -0.05) is 6.92 Å². The molecule has 1 unspecified atom stereocenters. The number of nitrogens with one attached hydrogen (secondary N) is 1. The van der Waals surface area contributed by atoms with E-state index in [1.807, 2.05) is 19.9 Å². The zero-order valence-corrected chi connectivity index (χ0v) is 11.8. The Bertz CT molecular complexity index is 337. The number of hydrogen-bond acceptors (Lipinski definition) is 3. The molecule has 0 bridgehead atoms. The van der Waals surface area contributed by atoms with Crippen LogP contribution >= 0.6 is 0 Å². The predicted octanol–water partition coefficient (Wildman–Crippen LogP) is 1.82. The summed E-state index contributed by atoms with van der Waals surface area (Å²) in [6.07, 6.45) is 1.47. The van der Waals surface area contributed by atoms with Crippen LogP contribution in [-0.4, -0.2) is 41.1 Å². The summed E-state index contributed by atoms with van der Waals surface area (Å²) in [6.45, 7) is 6.29. The van der Waals surface area contributed by atoms with Gasteiger partial charge >= 0.3 is 12.0 Å². The minimum atomic E-state index is -0.816. The second kappa shape index (κ2) is 9.20. The number of carbonyl (C=O) groups excluding carboxylic acids is 1. The fourth-order valence-electron chi connectivity index (χ4n) is 1.59. The van der Waals surface area contributed by atoms with Gasteiger partial charge in [0.1, 0.15) is 0 Å². The lowest BCUT2D eigenvalue weighted by Gasteiger charge is -2.26. The van der Waals surface area contributed by atoms with Crippen molar-refractivity contribution >= 4 is 12.0 Å². The van der Waals surface area contributed by atoms with Crippen molar-refractivity contribution in [1.82, 2.24) is 10.2 Å². The quantitative estimate of drug-likeness (QED) is 0.657. The average Bonchev–Trinajstić information content (AvgIpc) is 2.34. The van der Waals surface area contributed by atoms with E-state index in [0.717, 1.165) is 0 Å². The van der Waals surface area contributed by atoms with E-state index in [1.54, 1.807) is 11.8 Å². The second-order valence-electron chi connectivity index (χ2n) is 4.81. The van der Waals surface area contributed by atoms with E-state index < -0.39 is 11.9 Å². The Morgan fingerprint density at radius 1 is 1.37 bits per heavy atom. The maximum Gasteiger partial charge on any atom is 0.317 e. The first kappa shape index (κ1) is 17.2. The zero-order valence-electron chi connectivity index (χ0n) is 11.8. The summed E-state index contributed by atoms with van der Waals surface area (Å²) in [5.74, 6) is -1.21. The molecule has 0 aromatic carbocycles.